The third-order valence-electron chi connectivity index (χ3n) is 2.25. The number of carbonyl (C=O) groups excluding carboxylic acids is 1. The van der Waals surface area contributed by atoms with Gasteiger partial charge in [0.25, 0.3) is 0 Å². The van der Waals surface area contributed by atoms with E-state index in [4.69, 9.17) is 9.84 Å². The lowest BCUT2D eigenvalue weighted by Crippen LogP contribution is -2.18. The Bertz CT molecular complexity index is 437. The third-order valence-corrected chi connectivity index (χ3v) is 2.25. The number of para-hydroxylation sites is 1. The summed E-state index contributed by atoms with van der Waals surface area (Å²) >= 11 is 0. The predicted molar refractivity (Wildman–Crippen MR) is 63.0 cm³/mol. The largest absolute Gasteiger partial charge is 0.478 e. The van der Waals surface area contributed by atoms with E-state index in [0.29, 0.717) is 6.42 Å². The van der Waals surface area contributed by atoms with Gasteiger partial charge < -0.3 is 9.84 Å². The van der Waals surface area contributed by atoms with Gasteiger partial charge in [-0.05, 0) is 18.6 Å². The van der Waals surface area contributed by atoms with Gasteiger partial charge in [-0.15, -0.1) is 6.58 Å². The van der Waals surface area contributed by atoms with E-state index in [1.807, 2.05) is 0 Å². The lowest BCUT2D eigenvalue weighted by molar-refractivity contribution is -0.138. The zero-order valence-electron chi connectivity index (χ0n) is 9.55. The maximum atomic E-state index is 11.6. The molecule has 1 N–H and O–H groups in total. The van der Waals surface area contributed by atoms with Gasteiger partial charge in [0, 0.05) is 0 Å². The summed E-state index contributed by atoms with van der Waals surface area (Å²) in [5.41, 5.74) is -0.0216. The third kappa shape index (κ3) is 3.45. The number of carbonyl (C=O) groups is 2. The van der Waals surface area contributed by atoms with Crippen LogP contribution in [0.3, 0.4) is 0 Å². The molecular weight excluding hydrogens is 220 g/mol. The first-order valence-corrected chi connectivity index (χ1v) is 5.21. The monoisotopic (exact) mass is 234 g/mol. The van der Waals surface area contributed by atoms with Crippen molar-refractivity contribution in [3.8, 4) is 5.75 Å². The Labute approximate surface area is 99.5 Å². The fourth-order valence-corrected chi connectivity index (χ4v) is 1.29. The Hall–Kier alpha value is -2.10. The summed E-state index contributed by atoms with van der Waals surface area (Å²) in [5.74, 6) is -1.85. The fraction of sp³-hybridized carbons (Fsp3) is 0.231. The summed E-state index contributed by atoms with van der Waals surface area (Å²) in [5, 5.41) is 8.91. The molecule has 4 nitrogen and oxygen atoms in total. The molecule has 1 rings (SSSR count). The number of carboxylic acids is 1. The highest BCUT2D eigenvalue weighted by molar-refractivity contribution is 5.92. The first-order valence-electron chi connectivity index (χ1n) is 5.21. The second-order valence-electron chi connectivity index (χ2n) is 3.65. The normalized spacial score (nSPS) is 11.6. The van der Waals surface area contributed by atoms with Crippen molar-refractivity contribution in [2.24, 2.45) is 5.92 Å². The Morgan fingerprint density at radius 1 is 1.47 bits per heavy atom. The van der Waals surface area contributed by atoms with E-state index >= 15 is 0 Å². The minimum absolute atomic E-state index is 0.0216. The number of esters is 1. The maximum absolute atomic E-state index is 11.6. The van der Waals surface area contributed by atoms with Crippen LogP contribution in [-0.4, -0.2) is 17.0 Å². The molecule has 0 heterocycles. The minimum Gasteiger partial charge on any atom is -0.478 e. The van der Waals surface area contributed by atoms with Gasteiger partial charge in [-0.3, -0.25) is 4.79 Å². The topological polar surface area (TPSA) is 63.6 Å². The highest BCUT2D eigenvalue weighted by Gasteiger charge is 2.17. The molecule has 0 aliphatic carbocycles. The average molecular weight is 234 g/mol. The molecule has 1 aromatic carbocycles. The number of carboxylic acid groups (broad SMARTS) is 1. The molecule has 90 valence electrons. The molecule has 0 radical (unpaired) electrons. The maximum Gasteiger partial charge on any atom is 0.339 e. The van der Waals surface area contributed by atoms with Gasteiger partial charge in [0.15, 0.2) is 0 Å². The zero-order chi connectivity index (χ0) is 12.8. The average Bonchev–Trinajstić information content (AvgIpc) is 2.29. The van der Waals surface area contributed by atoms with Crippen LogP contribution in [0.15, 0.2) is 36.9 Å². The molecule has 0 bridgehead atoms. The van der Waals surface area contributed by atoms with Crippen LogP contribution < -0.4 is 4.74 Å². The van der Waals surface area contributed by atoms with Gasteiger partial charge in [-0.1, -0.05) is 25.1 Å². The van der Waals surface area contributed by atoms with Crippen molar-refractivity contribution in [2.45, 2.75) is 13.3 Å². The molecule has 17 heavy (non-hydrogen) atoms. The summed E-state index contributed by atoms with van der Waals surface area (Å²) < 4.78 is 5.05. The Balaban J connectivity index is 2.84. The number of benzene rings is 1. The highest BCUT2D eigenvalue weighted by atomic mass is 16.5. The molecule has 1 aromatic rings. The van der Waals surface area contributed by atoms with Crippen molar-refractivity contribution in [3.05, 3.63) is 42.5 Å². The van der Waals surface area contributed by atoms with E-state index in [0.717, 1.165) is 0 Å². The molecule has 0 saturated heterocycles. The van der Waals surface area contributed by atoms with Crippen molar-refractivity contribution in [3.63, 3.8) is 0 Å². The van der Waals surface area contributed by atoms with Gasteiger partial charge in [0.05, 0.1) is 5.92 Å². The first kappa shape index (κ1) is 13.0. The number of hydrogen-bond donors (Lipinski definition) is 1. The van der Waals surface area contributed by atoms with E-state index in [1.165, 1.54) is 12.1 Å². The number of rotatable bonds is 5. The summed E-state index contributed by atoms with van der Waals surface area (Å²) in [7, 11) is 0. The van der Waals surface area contributed by atoms with Gasteiger partial charge in [0.2, 0.25) is 0 Å². The standard InChI is InChI=1S/C13H14O4/c1-3-6-9(2)13(16)17-11-8-5-4-7-10(11)12(14)15/h3-5,7-9H,1,6H2,2H3,(H,14,15)/t9-/m0/s1. The molecule has 0 aromatic heterocycles. The van der Waals surface area contributed by atoms with Crippen LogP contribution in [0.4, 0.5) is 0 Å². The number of ether oxygens (including phenoxy) is 1. The number of allylic oxidation sites excluding steroid dienone is 1. The van der Waals surface area contributed by atoms with E-state index in [2.05, 4.69) is 6.58 Å². The van der Waals surface area contributed by atoms with Crippen LogP contribution in [0.5, 0.6) is 5.75 Å². The SMILES string of the molecule is C=CC[C@H](C)C(=O)Oc1ccccc1C(=O)O. The lowest BCUT2D eigenvalue weighted by atomic mass is 10.1. The molecule has 4 heteroatoms. The van der Waals surface area contributed by atoms with Crippen molar-refractivity contribution < 1.29 is 19.4 Å². The molecule has 0 aliphatic rings. The van der Waals surface area contributed by atoms with E-state index in [9.17, 15) is 9.59 Å². The Morgan fingerprint density at radius 3 is 2.71 bits per heavy atom. The summed E-state index contributed by atoms with van der Waals surface area (Å²) in [6.07, 6.45) is 2.11. The van der Waals surface area contributed by atoms with Gasteiger partial charge in [-0.25, -0.2) is 4.79 Å². The molecule has 0 spiro atoms. The summed E-state index contributed by atoms with van der Waals surface area (Å²) in [6.45, 7) is 5.24. The molecule has 0 amide bonds. The number of hydrogen-bond acceptors (Lipinski definition) is 3. The molecule has 1 atom stereocenters. The molecule has 0 unspecified atom stereocenters. The van der Waals surface area contributed by atoms with Crippen molar-refractivity contribution in [1.82, 2.24) is 0 Å². The second kappa shape index (κ2) is 5.84. The van der Waals surface area contributed by atoms with Crippen LogP contribution in [-0.2, 0) is 4.79 Å². The quantitative estimate of drug-likeness (QED) is 0.483. The van der Waals surface area contributed by atoms with Crippen LogP contribution >= 0.6 is 0 Å². The molecule has 0 saturated carbocycles. The summed E-state index contributed by atoms with van der Waals surface area (Å²) in [4.78, 5) is 22.5. The predicted octanol–water partition coefficient (Wildman–Crippen LogP) is 2.50. The van der Waals surface area contributed by atoms with Crippen LogP contribution in [0, 0.1) is 5.92 Å². The minimum atomic E-state index is -1.12. The van der Waals surface area contributed by atoms with Crippen molar-refractivity contribution in [2.75, 3.05) is 0 Å². The van der Waals surface area contributed by atoms with E-state index < -0.39 is 11.9 Å². The van der Waals surface area contributed by atoms with Crippen molar-refractivity contribution >= 4 is 11.9 Å². The number of aromatic carboxylic acids is 1. The van der Waals surface area contributed by atoms with Crippen LogP contribution in [0.2, 0.25) is 0 Å². The van der Waals surface area contributed by atoms with Crippen molar-refractivity contribution in [1.29, 1.82) is 0 Å². The summed E-state index contributed by atoms with van der Waals surface area (Å²) in [6, 6.07) is 6.05. The zero-order valence-corrected chi connectivity index (χ0v) is 9.55. The smallest absolute Gasteiger partial charge is 0.339 e. The fourth-order valence-electron chi connectivity index (χ4n) is 1.29. The second-order valence-corrected chi connectivity index (χ2v) is 3.65. The van der Waals surface area contributed by atoms with Gasteiger partial charge >= 0.3 is 11.9 Å². The molecular formula is C13H14O4. The highest BCUT2D eigenvalue weighted by Crippen LogP contribution is 2.19. The molecule has 0 aliphatic heterocycles. The van der Waals surface area contributed by atoms with E-state index in [-0.39, 0.29) is 17.2 Å². The first-order chi connectivity index (χ1) is 8.06. The Kier molecular flexibility index (Phi) is 4.46. The molecule has 0 fully saturated rings. The van der Waals surface area contributed by atoms with E-state index in [1.54, 1.807) is 25.1 Å². The lowest BCUT2D eigenvalue weighted by Gasteiger charge is -2.10. The van der Waals surface area contributed by atoms with Crippen LogP contribution in [0.25, 0.3) is 0 Å². The van der Waals surface area contributed by atoms with Gasteiger partial charge in [0.1, 0.15) is 11.3 Å². The van der Waals surface area contributed by atoms with Gasteiger partial charge in [-0.2, -0.15) is 0 Å². The Morgan fingerprint density at radius 2 is 2.12 bits per heavy atom. The van der Waals surface area contributed by atoms with Crippen LogP contribution in [0.1, 0.15) is 23.7 Å².